The van der Waals surface area contributed by atoms with Crippen LogP contribution in [0, 0.1) is 5.92 Å². The second-order valence-corrected chi connectivity index (χ2v) is 13.9. The smallest absolute Gasteiger partial charge is 0.410 e. The van der Waals surface area contributed by atoms with Crippen LogP contribution in [0.4, 0.5) is 4.79 Å². The number of methoxy groups -OCH3 is 1. The van der Waals surface area contributed by atoms with Gasteiger partial charge in [-0.15, -0.1) is 0 Å². The van der Waals surface area contributed by atoms with E-state index >= 15 is 0 Å². The molecule has 0 atom stereocenters. The Balaban J connectivity index is 1.23. The van der Waals surface area contributed by atoms with E-state index in [1.54, 1.807) is 23.1 Å². The number of amides is 2. The van der Waals surface area contributed by atoms with E-state index in [4.69, 9.17) is 29.7 Å². The quantitative estimate of drug-likeness (QED) is 0.0975. The molecule has 1 aliphatic carbocycles. The van der Waals surface area contributed by atoms with Crippen molar-refractivity contribution in [2.75, 3.05) is 27.2 Å². The number of hydrogen-bond donors (Lipinski definition) is 2. The Kier molecular flexibility index (Phi) is 11.4. The van der Waals surface area contributed by atoms with Gasteiger partial charge in [-0.05, 0) is 88.9 Å². The van der Waals surface area contributed by atoms with Gasteiger partial charge in [-0.1, -0.05) is 5.16 Å². The number of oxime groups is 1. The van der Waals surface area contributed by atoms with Crippen molar-refractivity contribution >= 4 is 34.8 Å². The van der Waals surface area contributed by atoms with E-state index in [9.17, 15) is 19.6 Å². The number of likely N-dealkylation sites (N-methyl/N-ethyl adjacent to an activating group) is 1. The topological polar surface area (TPSA) is 171 Å². The number of imidazole rings is 1. The molecule has 2 heterocycles. The van der Waals surface area contributed by atoms with Gasteiger partial charge in [0.25, 0.3) is 0 Å². The minimum absolute atomic E-state index is 0.0194. The Hall–Kier alpha value is -5.01. The highest BCUT2D eigenvalue weighted by Crippen LogP contribution is 2.29. The number of esters is 1. The third kappa shape index (κ3) is 8.96. The summed E-state index contributed by atoms with van der Waals surface area (Å²) in [6.45, 7) is 6.99. The molecule has 3 N–H and O–H groups in total. The van der Waals surface area contributed by atoms with Crippen LogP contribution in [0.5, 0.6) is 11.5 Å². The van der Waals surface area contributed by atoms with Crippen molar-refractivity contribution in [2.24, 2.45) is 16.8 Å². The number of primary amides is 1. The monoisotopic (exact) mass is 692 g/mol. The van der Waals surface area contributed by atoms with Crippen LogP contribution in [0.15, 0.2) is 47.6 Å². The Morgan fingerprint density at radius 1 is 1.00 bits per heavy atom. The molecule has 2 aromatic carbocycles. The Morgan fingerprint density at radius 2 is 1.66 bits per heavy atom. The van der Waals surface area contributed by atoms with Gasteiger partial charge in [-0.2, -0.15) is 0 Å². The summed E-state index contributed by atoms with van der Waals surface area (Å²) in [4.78, 5) is 44.7. The van der Waals surface area contributed by atoms with Gasteiger partial charge in [0.05, 0.1) is 30.6 Å². The Morgan fingerprint density at radius 3 is 2.26 bits per heavy atom. The first kappa shape index (κ1) is 36.3. The number of likely N-dealkylation sites (tertiary alicyclic amines) is 1. The predicted octanol–water partition coefficient (Wildman–Crippen LogP) is 4.94. The van der Waals surface area contributed by atoms with Crippen LogP contribution in [-0.4, -0.2) is 93.4 Å². The molecule has 0 bridgehead atoms. The highest BCUT2D eigenvalue weighted by molar-refractivity contribution is 5.96. The second kappa shape index (κ2) is 15.7. The third-order valence-electron chi connectivity index (χ3n) is 9.30. The number of aromatic nitrogens is 2. The molecule has 2 amide bonds. The fraction of sp³-hybridized carbons (Fsp3) is 0.528. The third-order valence-corrected chi connectivity index (χ3v) is 9.30. The van der Waals surface area contributed by atoms with Crippen molar-refractivity contribution in [3.05, 3.63) is 53.9 Å². The fourth-order valence-corrected chi connectivity index (χ4v) is 6.49. The number of nitrogens with zero attached hydrogens (tertiary/aromatic N) is 5. The zero-order valence-corrected chi connectivity index (χ0v) is 29.5. The van der Waals surface area contributed by atoms with Crippen LogP contribution in [0.2, 0.25) is 0 Å². The van der Waals surface area contributed by atoms with E-state index in [-0.39, 0.29) is 43.3 Å². The van der Waals surface area contributed by atoms with Gasteiger partial charge in [0, 0.05) is 44.6 Å². The van der Waals surface area contributed by atoms with Crippen molar-refractivity contribution in [2.45, 2.75) is 90.2 Å². The molecule has 5 rings (SSSR count). The molecule has 1 saturated carbocycles. The van der Waals surface area contributed by atoms with E-state index in [1.165, 1.54) is 7.11 Å². The summed E-state index contributed by atoms with van der Waals surface area (Å²) in [7, 11) is 3.29. The maximum atomic E-state index is 12.4. The molecule has 2 fully saturated rings. The van der Waals surface area contributed by atoms with Crippen molar-refractivity contribution in [3.63, 3.8) is 0 Å². The normalized spacial score (nSPS) is 18.8. The zero-order valence-electron chi connectivity index (χ0n) is 29.5. The minimum atomic E-state index is -0.560. The lowest BCUT2D eigenvalue weighted by molar-refractivity contribution is -0.146. The summed E-state index contributed by atoms with van der Waals surface area (Å²) < 4.78 is 24.7. The number of fused-ring (bicyclic) bond motifs is 1. The van der Waals surface area contributed by atoms with E-state index in [0.29, 0.717) is 73.0 Å². The maximum absolute atomic E-state index is 12.4. The average Bonchev–Trinajstić information content (AvgIpc) is 3.45. The van der Waals surface area contributed by atoms with Crippen LogP contribution in [0.3, 0.4) is 0 Å². The Bertz CT molecular complexity index is 1680. The molecule has 0 unspecified atom stereocenters. The van der Waals surface area contributed by atoms with E-state index in [2.05, 4.69) is 5.16 Å². The molecule has 3 aromatic rings. The molecule has 1 saturated heterocycles. The number of amidine groups is 1. The number of nitrogens with two attached hydrogens (primary N) is 1. The number of hydrogen-bond acceptors (Lipinski definition) is 10. The molecule has 50 heavy (non-hydrogen) atoms. The van der Waals surface area contributed by atoms with E-state index in [1.807, 2.05) is 61.6 Å². The van der Waals surface area contributed by atoms with Gasteiger partial charge in [0.15, 0.2) is 5.84 Å². The van der Waals surface area contributed by atoms with Gasteiger partial charge >= 0.3 is 12.1 Å². The van der Waals surface area contributed by atoms with Gasteiger partial charge < -0.3 is 44.3 Å². The van der Waals surface area contributed by atoms with Crippen molar-refractivity contribution < 1.29 is 38.5 Å². The molecule has 14 heteroatoms. The first-order valence-corrected chi connectivity index (χ1v) is 17.0. The molecule has 1 aliphatic heterocycles. The van der Waals surface area contributed by atoms with Gasteiger partial charge in [-0.25, -0.2) is 9.78 Å². The summed E-state index contributed by atoms with van der Waals surface area (Å²) in [5.41, 5.74) is 6.61. The van der Waals surface area contributed by atoms with Gasteiger partial charge in [-0.3, -0.25) is 9.59 Å². The van der Waals surface area contributed by atoms with Crippen molar-refractivity contribution in [1.82, 2.24) is 19.4 Å². The van der Waals surface area contributed by atoms with Crippen molar-refractivity contribution in [1.29, 1.82) is 0 Å². The summed E-state index contributed by atoms with van der Waals surface area (Å²) >= 11 is 0. The van der Waals surface area contributed by atoms with Crippen molar-refractivity contribution in [3.8, 4) is 11.5 Å². The largest absolute Gasteiger partial charge is 0.490 e. The summed E-state index contributed by atoms with van der Waals surface area (Å²) in [5.74, 6) is 1.41. The molecule has 2 aliphatic rings. The first-order chi connectivity index (χ1) is 23.8. The van der Waals surface area contributed by atoms with E-state index < -0.39 is 11.5 Å². The number of carbonyl (C=O) groups excluding carboxylic acids is 3. The van der Waals surface area contributed by atoms with Crippen LogP contribution < -0.4 is 15.2 Å². The lowest BCUT2D eigenvalue weighted by Gasteiger charge is -2.35. The van der Waals surface area contributed by atoms with Gasteiger partial charge in [0.2, 0.25) is 5.91 Å². The Labute approximate surface area is 292 Å². The molecular weight excluding hydrogens is 644 g/mol. The standard InChI is InChI=1S/C36H48N6O8/c1-36(2,3)50-35(45)41-18-16-28(17-19-41)49-27-13-11-26(12-14-27)48-22-32-38-29-20-24(33(37)43)8-15-30(29)42(32)21-31(39-46)40(4)25-9-6-23(7-10-25)34(44)47-5/h8,11-15,20,23,25,28,46H,6-7,9-10,16-19,21-22H2,1-5H3,(H2,37,43). The molecule has 1 aromatic heterocycles. The summed E-state index contributed by atoms with van der Waals surface area (Å²) in [5, 5.41) is 13.8. The van der Waals surface area contributed by atoms with Crippen LogP contribution in [0.25, 0.3) is 11.0 Å². The number of rotatable bonds is 10. The maximum Gasteiger partial charge on any atom is 0.410 e. The van der Waals surface area contributed by atoms with Crippen LogP contribution >= 0.6 is 0 Å². The molecule has 270 valence electrons. The number of piperidine rings is 1. The fourth-order valence-electron chi connectivity index (χ4n) is 6.49. The highest BCUT2D eigenvalue weighted by atomic mass is 16.6. The van der Waals surface area contributed by atoms with Crippen LogP contribution in [-0.2, 0) is 27.4 Å². The minimum Gasteiger partial charge on any atom is -0.490 e. The average molecular weight is 693 g/mol. The van der Waals surface area contributed by atoms with Crippen LogP contribution in [0.1, 0.15) is 75.5 Å². The lowest BCUT2D eigenvalue weighted by atomic mass is 9.85. The lowest BCUT2D eigenvalue weighted by Crippen LogP contribution is -2.44. The van der Waals surface area contributed by atoms with Gasteiger partial charge in [0.1, 0.15) is 35.6 Å². The molecule has 0 radical (unpaired) electrons. The number of ether oxygens (including phenoxy) is 4. The van der Waals surface area contributed by atoms with E-state index in [0.717, 1.165) is 18.4 Å². The number of benzene rings is 2. The SMILES string of the molecule is COC(=O)C1CCC(N(C)C(Cn2c(COc3ccc(OC4CCN(C(=O)OC(C)(C)C)CC4)cc3)nc3cc(C(N)=O)ccc32)=NO)CC1. The molecule has 0 spiro atoms. The molecular formula is C36H48N6O8. The second-order valence-electron chi connectivity index (χ2n) is 13.9. The first-order valence-electron chi connectivity index (χ1n) is 17.0. The summed E-state index contributed by atoms with van der Waals surface area (Å²) in [6, 6.07) is 12.5. The zero-order chi connectivity index (χ0) is 36.0. The predicted molar refractivity (Wildman–Crippen MR) is 185 cm³/mol. The highest BCUT2D eigenvalue weighted by Gasteiger charge is 2.31. The summed E-state index contributed by atoms with van der Waals surface area (Å²) in [6.07, 6.45) is 3.98. The number of carbonyl (C=O) groups is 3. The molecule has 14 nitrogen and oxygen atoms in total.